The summed E-state index contributed by atoms with van der Waals surface area (Å²) in [4.78, 5) is 0. The molecule has 0 aliphatic carbocycles. The van der Waals surface area contributed by atoms with E-state index in [-0.39, 0.29) is 65.3 Å². The summed E-state index contributed by atoms with van der Waals surface area (Å²) in [6.45, 7) is 0. The summed E-state index contributed by atoms with van der Waals surface area (Å²) in [6.07, 6.45) is 0. The predicted molar refractivity (Wildman–Crippen MR) is 7.81 cm³/mol. The second kappa shape index (κ2) is 25.2. The Morgan fingerprint density at radius 2 is 0.750 bits per heavy atom. The van der Waals surface area contributed by atoms with E-state index in [1.807, 2.05) is 0 Å². The van der Waals surface area contributed by atoms with Gasteiger partial charge in [-0.1, -0.05) is 0 Å². The average molecular weight is 185 g/mol. The van der Waals surface area contributed by atoms with E-state index >= 15 is 0 Å². The Bertz CT molecular complexity index is 3.25. The van der Waals surface area contributed by atoms with E-state index < -0.39 is 0 Å². The fourth-order valence-electron chi connectivity index (χ4n) is 0. The molecule has 0 heterocycles. The zero-order valence-corrected chi connectivity index (χ0v) is 6.37. The molecular weight excluding hydrogens is 185 g/mol. The molecule has 0 aromatic heterocycles. The van der Waals surface area contributed by atoms with Crippen molar-refractivity contribution in [2.24, 2.45) is 0 Å². The molecule has 0 saturated carbocycles. The Morgan fingerprint density at radius 3 is 0.750 bits per heavy atom. The van der Waals surface area contributed by atoms with E-state index in [9.17, 15) is 0 Å². The molecule has 3 nitrogen and oxygen atoms in total. The second-order valence-electron chi connectivity index (χ2n) is 0. The molecule has 0 aromatic rings. The molecule has 0 spiro atoms. The summed E-state index contributed by atoms with van der Waals surface area (Å²) in [7, 11) is 0. The van der Waals surface area contributed by atoms with Gasteiger partial charge in [-0.15, -0.1) is 0 Å². The monoisotopic (exact) mass is 186 g/mol. The summed E-state index contributed by atoms with van der Waals surface area (Å²) < 4.78 is 0. The van der Waals surface area contributed by atoms with E-state index in [4.69, 9.17) is 0 Å². The molecule has 0 unspecified atom stereocenters. The first-order valence-electron chi connectivity index (χ1n) is 0. The first-order chi connectivity index (χ1) is 0. The summed E-state index contributed by atoms with van der Waals surface area (Å²) in [5, 5.41) is 0. The Hall–Kier alpha value is 1.45. The second-order valence-corrected chi connectivity index (χ2v) is 0. The van der Waals surface area contributed by atoms with E-state index in [0.29, 0.717) is 0 Å². The Balaban J connectivity index is 0. The molecule has 0 bridgehead atoms. The number of hydrogen-bond donors (Lipinski definition) is 0. The van der Waals surface area contributed by atoms with Gasteiger partial charge in [-0.05, 0) is 0 Å². The fraction of sp³-hybridized carbons (Fsp3) is 0. The summed E-state index contributed by atoms with van der Waals surface area (Å²) in [5.74, 6) is 0. The topological polar surface area (TPSA) is 85.5 Å². The van der Waals surface area contributed by atoms with Crippen LogP contribution in [0.15, 0.2) is 0 Å². The maximum Gasteiger partial charge on any atom is 2.00 e. The molecule has 0 aliphatic heterocycles. The van der Waals surface area contributed by atoms with E-state index in [0.717, 1.165) is 0 Å². The molecule has 4 heavy (non-hydrogen) atoms. The van der Waals surface area contributed by atoms with Crippen LogP contribution in [0.1, 0.15) is 0 Å². The van der Waals surface area contributed by atoms with E-state index in [1.165, 1.54) is 0 Å². The van der Waals surface area contributed by atoms with Crippen LogP contribution in [-0.2, 0) is 16.4 Å². The van der Waals surface area contributed by atoms with Crippen molar-refractivity contribution in [2.45, 2.75) is 0 Å². The van der Waals surface area contributed by atoms with Gasteiger partial charge >= 0.3 is 54.4 Å². The normalized spacial score (nSPS) is 0. The maximum atomic E-state index is 0. The third-order valence-corrected chi connectivity index (χ3v) is 0. The Morgan fingerprint density at radius 1 is 0.750 bits per heavy atom. The van der Waals surface area contributed by atoms with Gasteiger partial charge in [0, 0.05) is 0 Å². The number of hydrogen-bond acceptors (Lipinski definition) is 0. The van der Waals surface area contributed by atoms with Crippen molar-refractivity contribution in [3.05, 3.63) is 0 Å². The van der Waals surface area contributed by atoms with Crippen LogP contribution in [0.3, 0.4) is 0 Å². The molecule has 0 rings (SSSR count). The van der Waals surface area contributed by atoms with Crippen LogP contribution in [0, 0.1) is 0 Å². The SMILES string of the molecule is [Ba+2].[O+2].[O-2].[O-2]. The largest absolute Gasteiger partial charge is 2.00 e. The van der Waals surface area contributed by atoms with Crippen molar-refractivity contribution < 1.29 is 16.4 Å². The van der Waals surface area contributed by atoms with Gasteiger partial charge in [0.05, 0.1) is 0 Å². The summed E-state index contributed by atoms with van der Waals surface area (Å²) >= 11 is 0. The van der Waals surface area contributed by atoms with Crippen LogP contribution >= 0.6 is 0 Å². The van der Waals surface area contributed by atoms with Crippen LogP contribution in [0.4, 0.5) is 0 Å². The molecule has 0 amide bonds. The third kappa shape index (κ3) is 9.85. The third-order valence-electron chi connectivity index (χ3n) is 0. The van der Waals surface area contributed by atoms with Crippen molar-refractivity contribution in [3.63, 3.8) is 0 Å². The first-order valence-corrected chi connectivity index (χ1v) is 0. The molecule has 20 valence electrons. The molecule has 0 fully saturated rings. The minimum Gasteiger partial charge on any atom is -2.00 e. The molecule has 0 atom stereocenters. The minimum absolute atomic E-state index is 0. The van der Waals surface area contributed by atoms with Crippen LogP contribution < -0.4 is 0 Å². The van der Waals surface area contributed by atoms with Crippen LogP contribution in [0.5, 0.6) is 0 Å². The van der Waals surface area contributed by atoms with Gasteiger partial charge < -0.3 is 11.0 Å². The predicted octanol–water partition coefficient (Wildman–Crippen LogP) is -0.737. The van der Waals surface area contributed by atoms with Crippen molar-refractivity contribution in [1.29, 1.82) is 0 Å². The molecule has 0 saturated heterocycles. The van der Waals surface area contributed by atoms with Gasteiger partial charge in [0.25, 0.3) is 0 Å². The minimum atomic E-state index is 0. The summed E-state index contributed by atoms with van der Waals surface area (Å²) in [6, 6.07) is 0. The Kier molecular flexibility index (Phi) is 323. The fourth-order valence-corrected chi connectivity index (χ4v) is 0. The molecule has 4 heteroatoms. The van der Waals surface area contributed by atoms with E-state index in [1.54, 1.807) is 0 Å². The van der Waals surface area contributed by atoms with Gasteiger partial charge in [0.15, 0.2) is 0 Å². The molecule has 0 N–H and O–H groups in total. The van der Waals surface area contributed by atoms with Crippen LogP contribution in [0.25, 0.3) is 0 Å². The van der Waals surface area contributed by atoms with Crippen molar-refractivity contribution in [1.82, 2.24) is 0 Å². The van der Waals surface area contributed by atoms with Gasteiger partial charge in [0.1, 0.15) is 0 Å². The quantitative estimate of drug-likeness (QED) is 0.445. The van der Waals surface area contributed by atoms with Crippen molar-refractivity contribution >= 4 is 48.9 Å². The van der Waals surface area contributed by atoms with Gasteiger partial charge in [-0.3, -0.25) is 0 Å². The standard InChI is InChI=1S/Ba.3O/q+2;2*-2;+2. The molecule has 0 aliphatic rings. The smallest absolute Gasteiger partial charge is 2.00 e. The molecular formula is BaO3. The zero-order valence-electron chi connectivity index (χ0n) is 1.93. The maximum absolute atomic E-state index is 0. The van der Waals surface area contributed by atoms with Gasteiger partial charge in [-0.25, -0.2) is 0 Å². The average Bonchev–Trinajstić information content (AvgIpc) is 0. The van der Waals surface area contributed by atoms with Crippen LogP contribution in [-0.4, -0.2) is 48.9 Å². The molecule has 4 radical (unpaired) electrons. The van der Waals surface area contributed by atoms with Gasteiger partial charge in [0.2, 0.25) is 0 Å². The van der Waals surface area contributed by atoms with Gasteiger partial charge in [-0.2, -0.15) is 0 Å². The van der Waals surface area contributed by atoms with Crippen molar-refractivity contribution in [3.8, 4) is 0 Å². The van der Waals surface area contributed by atoms with Crippen molar-refractivity contribution in [2.75, 3.05) is 0 Å². The first kappa shape index (κ1) is 51.3. The zero-order chi connectivity index (χ0) is 0. The van der Waals surface area contributed by atoms with E-state index in [2.05, 4.69) is 0 Å². The number of rotatable bonds is 0. The summed E-state index contributed by atoms with van der Waals surface area (Å²) in [5.41, 5.74) is 0. The molecule has 0 aromatic carbocycles. The van der Waals surface area contributed by atoms with Crippen LogP contribution in [0.2, 0.25) is 0 Å². The Labute approximate surface area is 64.4 Å².